The quantitative estimate of drug-likeness (QED) is 0.664. The van der Waals surface area contributed by atoms with E-state index in [2.05, 4.69) is 53.7 Å². The molecule has 3 aromatic carbocycles. The number of hydrogen-bond acceptors (Lipinski definition) is 3. The molecule has 2 atom stereocenters. The zero-order valence-electron chi connectivity index (χ0n) is 17.7. The number of anilines is 2. The van der Waals surface area contributed by atoms with Gasteiger partial charge in [-0.15, -0.1) is 0 Å². The van der Waals surface area contributed by atoms with E-state index in [-0.39, 0.29) is 11.9 Å². The maximum absolute atomic E-state index is 12.9. The van der Waals surface area contributed by atoms with Crippen LogP contribution in [-0.2, 0) is 16.1 Å². The Morgan fingerprint density at radius 2 is 1.73 bits per heavy atom. The molecule has 2 N–H and O–H groups in total. The third kappa shape index (κ3) is 4.64. The number of nitrogens with zero attached hydrogens (tertiary/aromatic N) is 1. The van der Waals surface area contributed by atoms with Crippen LogP contribution in [0, 0.1) is 0 Å². The summed E-state index contributed by atoms with van der Waals surface area (Å²) < 4.78 is 5.50. The summed E-state index contributed by atoms with van der Waals surface area (Å²) in [7, 11) is 2.08. The van der Waals surface area contributed by atoms with Crippen molar-refractivity contribution in [2.45, 2.75) is 19.5 Å². The van der Waals surface area contributed by atoms with Crippen molar-refractivity contribution in [2.75, 3.05) is 43.6 Å². The van der Waals surface area contributed by atoms with Crippen molar-refractivity contribution in [2.24, 2.45) is 0 Å². The Morgan fingerprint density at radius 3 is 2.53 bits per heavy atom. The Bertz CT molecular complexity index is 1010. The van der Waals surface area contributed by atoms with Crippen molar-refractivity contribution in [3.05, 3.63) is 72.3 Å². The van der Waals surface area contributed by atoms with Gasteiger partial charge in [0.05, 0.1) is 20.3 Å². The van der Waals surface area contributed by atoms with Crippen LogP contribution in [0.15, 0.2) is 66.7 Å². The van der Waals surface area contributed by atoms with Gasteiger partial charge in [-0.3, -0.25) is 4.79 Å². The number of carbonyl (C=O) groups is 1. The third-order valence-electron chi connectivity index (χ3n) is 5.96. The summed E-state index contributed by atoms with van der Waals surface area (Å²) in [6.07, 6.45) is 0. The molecule has 30 heavy (non-hydrogen) atoms. The fourth-order valence-corrected chi connectivity index (χ4v) is 3.97. The van der Waals surface area contributed by atoms with Crippen LogP contribution >= 0.6 is 0 Å². The Kier molecular flexibility index (Phi) is 6.31. The SMILES string of the molecule is C[C@H](C(=O)Nc1ccc2ccccc2c1)[NH+](C)Cc1ccccc1N1CCOCC1. The van der Waals surface area contributed by atoms with Gasteiger partial charge in [0.2, 0.25) is 0 Å². The van der Waals surface area contributed by atoms with E-state index in [0.717, 1.165) is 48.8 Å². The number of morpholine rings is 1. The van der Waals surface area contributed by atoms with Gasteiger partial charge in [-0.2, -0.15) is 0 Å². The second kappa shape index (κ2) is 9.28. The van der Waals surface area contributed by atoms with Gasteiger partial charge in [-0.1, -0.05) is 48.5 Å². The fraction of sp³-hybridized carbons (Fsp3) is 0.320. The van der Waals surface area contributed by atoms with Gasteiger partial charge in [0, 0.05) is 30.0 Å². The Labute approximate surface area is 178 Å². The minimum atomic E-state index is -0.172. The molecule has 0 bridgehead atoms. The van der Waals surface area contributed by atoms with E-state index in [0.29, 0.717) is 0 Å². The normalized spacial score (nSPS) is 16.3. The van der Waals surface area contributed by atoms with Crippen molar-refractivity contribution in [3.63, 3.8) is 0 Å². The van der Waals surface area contributed by atoms with Crippen LogP contribution in [0.5, 0.6) is 0 Å². The summed E-state index contributed by atoms with van der Waals surface area (Å²) in [6.45, 7) is 6.13. The molecule has 0 aromatic heterocycles. The molecule has 4 rings (SSSR count). The van der Waals surface area contributed by atoms with E-state index < -0.39 is 0 Å². The molecule has 0 saturated carbocycles. The topological polar surface area (TPSA) is 46.0 Å². The number of carbonyl (C=O) groups excluding carboxylic acids is 1. The number of quaternary nitrogens is 1. The molecule has 1 heterocycles. The van der Waals surface area contributed by atoms with Crippen LogP contribution in [0.4, 0.5) is 11.4 Å². The van der Waals surface area contributed by atoms with E-state index >= 15 is 0 Å². The minimum Gasteiger partial charge on any atom is -0.378 e. The number of nitrogens with one attached hydrogen (secondary N) is 2. The lowest BCUT2D eigenvalue weighted by molar-refractivity contribution is -0.907. The van der Waals surface area contributed by atoms with Crippen LogP contribution < -0.4 is 15.1 Å². The van der Waals surface area contributed by atoms with Crippen molar-refractivity contribution >= 4 is 28.1 Å². The highest BCUT2D eigenvalue weighted by molar-refractivity contribution is 5.96. The molecule has 1 unspecified atom stereocenters. The molecule has 0 aliphatic carbocycles. The van der Waals surface area contributed by atoms with Crippen LogP contribution in [0.1, 0.15) is 12.5 Å². The smallest absolute Gasteiger partial charge is 0.282 e. The summed E-state index contributed by atoms with van der Waals surface area (Å²) in [5.41, 5.74) is 3.36. The maximum atomic E-state index is 12.9. The zero-order chi connectivity index (χ0) is 20.9. The first kappa shape index (κ1) is 20.4. The Morgan fingerprint density at radius 1 is 1.03 bits per heavy atom. The highest BCUT2D eigenvalue weighted by Crippen LogP contribution is 2.21. The van der Waals surface area contributed by atoms with Gasteiger partial charge in [-0.25, -0.2) is 0 Å². The summed E-state index contributed by atoms with van der Waals surface area (Å²) in [4.78, 5) is 16.4. The lowest BCUT2D eigenvalue weighted by atomic mass is 10.1. The average molecular weight is 405 g/mol. The monoisotopic (exact) mass is 404 g/mol. The van der Waals surface area contributed by atoms with E-state index in [9.17, 15) is 4.79 Å². The molecule has 1 saturated heterocycles. The Balaban J connectivity index is 1.43. The number of rotatable bonds is 6. The summed E-state index contributed by atoms with van der Waals surface area (Å²) >= 11 is 0. The fourth-order valence-electron chi connectivity index (χ4n) is 3.97. The number of para-hydroxylation sites is 1. The number of benzene rings is 3. The highest BCUT2D eigenvalue weighted by Gasteiger charge is 2.24. The zero-order valence-corrected chi connectivity index (χ0v) is 17.7. The summed E-state index contributed by atoms with van der Waals surface area (Å²) in [5.74, 6) is 0.0339. The van der Waals surface area contributed by atoms with Gasteiger partial charge in [-0.05, 0) is 35.9 Å². The van der Waals surface area contributed by atoms with Crippen LogP contribution in [0.25, 0.3) is 10.8 Å². The van der Waals surface area contributed by atoms with Crippen molar-refractivity contribution in [3.8, 4) is 0 Å². The molecule has 156 valence electrons. The van der Waals surface area contributed by atoms with Gasteiger partial charge >= 0.3 is 0 Å². The molecule has 0 radical (unpaired) electrons. The van der Waals surface area contributed by atoms with E-state index in [4.69, 9.17) is 4.74 Å². The first-order chi connectivity index (χ1) is 14.6. The predicted molar refractivity (Wildman–Crippen MR) is 122 cm³/mol. The van der Waals surface area contributed by atoms with Crippen LogP contribution in [0.2, 0.25) is 0 Å². The van der Waals surface area contributed by atoms with Gasteiger partial charge in [0.25, 0.3) is 5.91 Å². The van der Waals surface area contributed by atoms with Crippen LogP contribution in [0.3, 0.4) is 0 Å². The summed E-state index contributed by atoms with van der Waals surface area (Å²) in [6, 6.07) is 22.6. The molecule has 1 aliphatic rings. The van der Waals surface area contributed by atoms with E-state index in [1.54, 1.807) is 0 Å². The van der Waals surface area contributed by atoms with Gasteiger partial charge < -0.3 is 19.9 Å². The molecule has 5 heteroatoms. The second-order valence-electron chi connectivity index (χ2n) is 8.02. The first-order valence-electron chi connectivity index (χ1n) is 10.6. The average Bonchev–Trinajstić information content (AvgIpc) is 2.79. The number of ether oxygens (including phenoxy) is 1. The van der Waals surface area contributed by atoms with E-state index in [1.807, 2.05) is 37.3 Å². The third-order valence-corrected chi connectivity index (χ3v) is 5.96. The lowest BCUT2D eigenvalue weighted by Gasteiger charge is -2.31. The molecule has 3 aromatic rings. The van der Waals surface area contributed by atoms with Crippen molar-refractivity contribution < 1.29 is 14.4 Å². The molecule has 1 aliphatic heterocycles. The molecule has 0 spiro atoms. The minimum absolute atomic E-state index is 0.0339. The van der Waals surface area contributed by atoms with Crippen molar-refractivity contribution in [1.82, 2.24) is 0 Å². The molecule has 1 fully saturated rings. The molecule has 5 nitrogen and oxygen atoms in total. The predicted octanol–water partition coefficient (Wildman–Crippen LogP) is 2.72. The van der Waals surface area contributed by atoms with E-state index in [1.165, 1.54) is 16.6 Å². The number of likely N-dealkylation sites (N-methyl/N-ethyl adjacent to an activating group) is 1. The second-order valence-corrected chi connectivity index (χ2v) is 8.02. The summed E-state index contributed by atoms with van der Waals surface area (Å²) in [5, 5.41) is 5.39. The highest BCUT2D eigenvalue weighted by atomic mass is 16.5. The number of hydrogen-bond donors (Lipinski definition) is 2. The standard InChI is InChI=1S/C25H29N3O2/c1-19(25(29)26-23-12-11-20-7-3-4-8-21(20)17-23)27(2)18-22-9-5-6-10-24(22)28-13-15-30-16-14-28/h3-12,17,19H,13-16,18H2,1-2H3,(H,26,29)/p+1/t19-/m1/s1. The molecular formula is C25H30N3O2+. The van der Waals surface area contributed by atoms with Crippen molar-refractivity contribution in [1.29, 1.82) is 0 Å². The Hall–Kier alpha value is -2.89. The van der Waals surface area contributed by atoms with Gasteiger partial charge in [0.15, 0.2) is 6.04 Å². The molecular weight excluding hydrogens is 374 g/mol. The number of amides is 1. The lowest BCUT2D eigenvalue weighted by Crippen LogP contribution is -3.12. The number of fused-ring (bicyclic) bond motifs is 1. The largest absolute Gasteiger partial charge is 0.378 e. The maximum Gasteiger partial charge on any atom is 0.282 e. The van der Waals surface area contributed by atoms with Gasteiger partial charge in [0.1, 0.15) is 6.54 Å². The van der Waals surface area contributed by atoms with Crippen LogP contribution in [-0.4, -0.2) is 45.3 Å². The molecule has 1 amide bonds. The first-order valence-corrected chi connectivity index (χ1v) is 10.6.